The Morgan fingerprint density at radius 3 is 2.47 bits per heavy atom. The second kappa shape index (κ2) is 5.84. The summed E-state index contributed by atoms with van der Waals surface area (Å²) in [4.78, 5) is 20.2. The summed E-state index contributed by atoms with van der Waals surface area (Å²) >= 11 is 1.35. The van der Waals surface area contributed by atoms with Crippen LogP contribution >= 0.6 is 11.8 Å². The van der Waals surface area contributed by atoms with Crippen molar-refractivity contribution in [3.63, 3.8) is 0 Å². The van der Waals surface area contributed by atoms with Crippen LogP contribution in [0.5, 0.6) is 0 Å². The van der Waals surface area contributed by atoms with Crippen LogP contribution in [0.2, 0.25) is 0 Å². The summed E-state index contributed by atoms with van der Waals surface area (Å²) in [7, 11) is 0. The predicted molar refractivity (Wildman–Crippen MR) is 75.7 cm³/mol. The molecule has 0 unspecified atom stereocenters. The molecule has 2 N–H and O–H groups in total. The summed E-state index contributed by atoms with van der Waals surface area (Å²) in [5.74, 6) is 0.323. The van der Waals surface area contributed by atoms with Gasteiger partial charge in [0.1, 0.15) is 16.1 Å². The maximum atomic E-state index is 11.6. The molecule has 0 saturated carbocycles. The van der Waals surface area contributed by atoms with E-state index in [1.807, 2.05) is 50.2 Å². The van der Waals surface area contributed by atoms with Crippen LogP contribution in [0.25, 0.3) is 0 Å². The number of primary amides is 1. The number of hydrogen-bond acceptors (Lipinski definition) is 4. The second-order valence-corrected chi connectivity index (χ2v) is 5.33. The zero-order valence-corrected chi connectivity index (χ0v) is 11.6. The van der Waals surface area contributed by atoms with Crippen LogP contribution in [0, 0.1) is 13.8 Å². The van der Waals surface area contributed by atoms with E-state index in [4.69, 9.17) is 5.73 Å². The molecule has 1 aromatic carbocycles. The molecule has 1 atom stereocenters. The third-order valence-corrected chi connectivity index (χ3v) is 3.73. The number of rotatable bonds is 4. The first-order chi connectivity index (χ1) is 9.06. The first kappa shape index (κ1) is 13.5. The lowest BCUT2D eigenvalue weighted by Gasteiger charge is -2.13. The van der Waals surface area contributed by atoms with Crippen LogP contribution in [0.1, 0.15) is 22.3 Å². The molecule has 0 aliphatic heterocycles. The minimum atomic E-state index is -0.435. The Balaban J connectivity index is 2.29. The fourth-order valence-corrected chi connectivity index (χ4v) is 2.86. The molecule has 2 aromatic rings. The first-order valence-electron chi connectivity index (χ1n) is 5.89. The number of hydrogen-bond donors (Lipinski definition) is 1. The maximum Gasteiger partial charge on any atom is 0.235 e. The number of carbonyl (C=O) groups excluding carboxylic acids is 1. The van der Waals surface area contributed by atoms with E-state index in [0.29, 0.717) is 5.82 Å². The van der Waals surface area contributed by atoms with Crippen molar-refractivity contribution >= 4 is 17.7 Å². The molecule has 1 aromatic heterocycles. The van der Waals surface area contributed by atoms with Crippen LogP contribution in [-0.4, -0.2) is 15.9 Å². The van der Waals surface area contributed by atoms with Crippen molar-refractivity contribution in [2.24, 2.45) is 5.73 Å². The van der Waals surface area contributed by atoms with Gasteiger partial charge in [0.15, 0.2) is 0 Å². The highest BCUT2D eigenvalue weighted by Crippen LogP contribution is 2.33. The fraction of sp³-hybridized carbons (Fsp3) is 0.214. The van der Waals surface area contributed by atoms with Crippen LogP contribution in [-0.2, 0) is 4.79 Å². The summed E-state index contributed by atoms with van der Waals surface area (Å²) in [6, 6.07) is 11.3. The Labute approximate surface area is 116 Å². The zero-order chi connectivity index (χ0) is 13.8. The van der Waals surface area contributed by atoms with Gasteiger partial charge in [0.25, 0.3) is 0 Å². The van der Waals surface area contributed by atoms with Crippen molar-refractivity contribution in [2.75, 3.05) is 0 Å². The summed E-state index contributed by atoms with van der Waals surface area (Å²) < 4.78 is 0. The highest BCUT2D eigenvalue weighted by molar-refractivity contribution is 8.00. The highest BCUT2D eigenvalue weighted by Gasteiger charge is 2.20. The van der Waals surface area contributed by atoms with E-state index in [9.17, 15) is 4.79 Å². The monoisotopic (exact) mass is 273 g/mol. The number of benzene rings is 1. The average Bonchev–Trinajstić information content (AvgIpc) is 2.35. The first-order valence-corrected chi connectivity index (χ1v) is 6.77. The van der Waals surface area contributed by atoms with Gasteiger partial charge in [0.2, 0.25) is 5.91 Å². The number of thioether (sulfide) groups is 1. The predicted octanol–water partition coefficient (Wildman–Crippen LogP) is 2.41. The summed E-state index contributed by atoms with van der Waals surface area (Å²) in [6.07, 6.45) is 0. The minimum Gasteiger partial charge on any atom is -0.368 e. The molecule has 0 spiro atoms. The van der Waals surface area contributed by atoms with Crippen LogP contribution in [0.4, 0.5) is 0 Å². The fourth-order valence-electron chi connectivity index (χ4n) is 1.78. The number of aryl methyl sites for hydroxylation is 2. The molecule has 0 radical (unpaired) electrons. The number of amides is 1. The van der Waals surface area contributed by atoms with Gasteiger partial charge in [-0.2, -0.15) is 0 Å². The van der Waals surface area contributed by atoms with E-state index < -0.39 is 5.25 Å². The normalized spacial score (nSPS) is 12.1. The molecule has 0 fully saturated rings. The molecule has 0 aliphatic rings. The lowest BCUT2D eigenvalue weighted by Crippen LogP contribution is -2.19. The lowest BCUT2D eigenvalue weighted by molar-refractivity contribution is -0.117. The summed E-state index contributed by atoms with van der Waals surface area (Å²) in [5, 5.41) is 0.326. The molecule has 4 nitrogen and oxygen atoms in total. The van der Waals surface area contributed by atoms with E-state index in [1.165, 1.54) is 11.8 Å². The molecular formula is C14H15N3OS. The Kier molecular flexibility index (Phi) is 4.16. The number of aromatic nitrogens is 2. The largest absolute Gasteiger partial charge is 0.368 e. The molecule has 0 bridgehead atoms. The van der Waals surface area contributed by atoms with E-state index in [2.05, 4.69) is 9.97 Å². The van der Waals surface area contributed by atoms with Gasteiger partial charge in [0, 0.05) is 5.69 Å². The Hall–Kier alpha value is -1.88. The quantitative estimate of drug-likeness (QED) is 0.686. The van der Waals surface area contributed by atoms with Gasteiger partial charge >= 0.3 is 0 Å². The van der Waals surface area contributed by atoms with Crippen LogP contribution in [0.15, 0.2) is 41.4 Å². The molecule has 1 amide bonds. The topological polar surface area (TPSA) is 68.9 Å². The molecule has 0 saturated heterocycles. The van der Waals surface area contributed by atoms with Crippen LogP contribution < -0.4 is 5.73 Å². The number of nitrogens with two attached hydrogens (primary N) is 1. The van der Waals surface area contributed by atoms with E-state index in [1.54, 1.807) is 0 Å². The van der Waals surface area contributed by atoms with Crippen LogP contribution in [0.3, 0.4) is 0 Å². The Bertz CT molecular complexity index is 566. The zero-order valence-electron chi connectivity index (χ0n) is 10.8. The molecule has 5 heteroatoms. The van der Waals surface area contributed by atoms with Gasteiger partial charge < -0.3 is 5.73 Å². The third-order valence-electron chi connectivity index (χ3n) is 2.54. The summed E-state index contributed by atoms with van der Waals surface area (Å²) in [6.45, 7) is 3.74. The third kappa shape index (κ3) is 3.54. The van der Waals surface area contributed by atoms with E-state index in [0.717, 1.165) is 16.3 Å². The Morgan fingerprint density at radius 1 is 1.21 bits per heavy atom. The van der Waals surface area contributed by atoms with Gasteiger partial charge in [0.05, 0.1) is 0 Å². The Morgan fingerprint density at radius 2 is 1.89 bits per heavy atom. The van der Waals surface area contributed by atoms with Crippen molar-refractivity contribution < 1.29 is 4.79 Å². The molecule has 2 rings (SSSR count). The second-order valence-electron chi connectivity index (χ2n) is 4.21. The average molecular weight is 273 g/mol. The molecule has 19 heavy (non-hydrogen) atoms. The van der Waals surface area contributed by atoms with Gasteiger partial charge in [-0.15, -0.1) is 0 Å². The van der Waals surface area contributed by atoms with Crippen molar-refractivity contribution in [2.45, 2.75) is 24.1 Å². The van der Waals surface area contributed by atoms with Gasteiger partial charge in [-0.3, -0.25) is 4.79 Å². The minimum absolute atomic E-state index is 0.370. The van der Waals surface area contributed by atoms with Gasteiger partial charge in [-0.25, -0.2) is 9.97 Å². The molecule has 1 heterocycles. The van der Waals surface area contributed by atoms with E-state index in [-0.39, 0.29) is 5.91 Å². The van der Waals surface area contributed by atoms with Gasteiger partial charge in [-0.1, -0.05) is 42.1 Å². The van der Waals surface area contributed by atoms with Crippen molar-refractivity contribution in [1.82, 2.24) is 9.97 Å². The molecule has 0 aliphatic carbocycles. The van der Waals surface area contributed by atoms with Crippen molar-refractivity contribution in [3.8, 4) is 0 Å². The molecular weight excluding hydrogens is 258 g/mol. The SMILES string of the molecule is Cc1cc(S[C@@H](C(N)=O)c2ccccc2)nc(C)n1. The number of nitrogens with zero attached hydrogens (tertiary/aromatic N) is 2. The van der Waals surface area contributed by atoms with Gasteiger partial charge in [-0.05, 0) is 25.5 Å². The van der Waals surface area contributed by atoms with Crippen molar-refractivity contribution in [1.29, 1.82) is 0 Å². The smallest absolute Gasteiger partial charge is 0.235 e. The molecule has 98 valence electrons. The van der Waals surface area contributed by atoms with E-state index >= 15 is 0 Å². The highest BCUT2D eigenvalue weighted by atomic mass is 32.2. The van der Waals surface area contributed by atoms with Crippen molar-refractivity contribution in [3.05, 3.63) is 53.5 Å². The standard InChI is InChI=1S/C14H15N3OS/c1-9-8-12(17-10(2)16-9)19-13(14(15)18)11-6-4-3-5-7-11/h3-8,13H,1-2H3,(H2,15,18)/t13-/m1/s1. The summed E-state index contributed by atoms with van der Waals surface area (Å²) in [5.41, 5.74) is 7.25. The lowest BCUT2D eigenvalue weighted by atomic mass is 10.1. The maximum absolute atomic E-state index is 11.6. The number of carbonyl (C=O) groups is 1.